The van der Waals surface area contributed by atoms with Gasteiger partial charge in [-0.3, -0.25) is 0 Å². The Morgan fingerprint density at radius 1 is 1.22 bits per heavy atom. The van der Waals surface area contributed by atoms with Gasteiger partial charge in [0.25, 0.3) is 0 Å². The van der Waals surface area contributed by atoms with Crippen molar-refractivity contribution in [1.82, 2.24) is 0 Å². The van der Waals surface area contributed by atoms with Crippen LogP contribution in [0.5, 0.6) is 0 Å². The SMILES string of the molecule is O=C([O-])C[C@H](SCc1ccc(C(=O)[O-])o1)C(=O)[O-]. The lowest BCUT2D eigenvalue weighted by molar-refractivity contribution is -0.314. The van der Waals surface area contributed by atoms with Gasteiger partial charge in [0.15, 0.2) is 0 Å². The number of carboxylic acids is 3. The second-order valence-corrected chi connectivity index (χ2v) is 4.44. The van der Waals surface area contributed by atoms with Crippen LogP contribution >= 0.6 is 11.8 Å². The van der Waals surface area contributed by atoms with Gasteiger partial charge in [-0.15, -0.1) is 11.8 Å². The highest BCUT2D eigenvalue weighted by Crippen LogP contribution is 2.21. The second kappa shape index (κ2) is 6.10. The van der Waals surface area contributed by atoms with Crippen molar-refractivity contribution in [1.29, 1.82) is 0 Å². The molecule has 1 heterocycles. The van der Waals surface area contributed by atoms with Crippen molar-refractivity contribution in [2.24, 2.45) is 0 Å². The molecule has 1 rings (SSSR count). The third-order valence-electron chi connectivity index (χ3n) is 1.90. The number of aliphatic carboxylic acids is 2. The van der Waals surface area contributed by atoms with Crippen LogP contribution in [0.15, 0.2) is 16.5 Å². The number of carbonyl (C=O) groups is 3. The quantitative estimate of drug-likeness (QED) is 0.516. The van der Waals surface area contributed by atoms with E-state index in [1.54, 1.807) is 0 Å². The summed E-state index contributed by atoms with van der Waals surface area (Å²) in [5.41, 5.74) is 0. The molecule has 0 saturated heterocycles. The number of furan rings is 1. The van der Waals surface area contributed by atoms with Crippen molar-refractivity contribution >= 4 is 29.7 Å². The van der Waals surface area contributed by atoms with E-state index >= 15 is 0 Å². The molecule has 0 aliphatic rings. The number of hydrogen-bond acceptors (Lipinski definition) is 8. The van der Waals surface area contributed by atoms with Gasteiger partial charge >= 0.3 is 0 Å². The molecule has 1 aromatic rings. The molecule has 18 heavy (non-hydrogen) atoms. The molecule has 0 N–H and O–H groups in total. The van der Waals surface area contributed by atoms with Gasteiger partial charge in [0, 0.05) is 17.6 Å². The van der Waals surface area contributed by atoms with Crippen LogP contribution in [0.1, 0.15) is 22.7 Å². The zero-order valence-corrected chi connectivity index (χ0v) is 9.73. The van der Waals surface area contributed by atoms with Crippen LogP contribution in [0.3, 0.4) is 0 Å². The molecule has 0 radical (unpaired) electrons. The summed E-state index contributed by atoms with van der Waals surface area (Å²) in [6.07, 6.45) is -0.693. The number of rotatable bonds is 7. The summed E-state index contributed by atoms with van der Waals surface area (Å²) in [7, 11) is 0. The van der Waals surface area contributed by atoms with Crippen LogP contribution in [-0.2, 0) is 15.3 Å². The largest absolute Gasteiger partial charge is 0.550 e. The van der Waals surface area contributed by atoms with Crippen LogP contribution in [0.4, 0.5) is 0 Å². The predicted molar refractivity (Wildman–Crippen MR) is 52.8 cm³/mol. The lowest BCUT2D eigenvalue weighted by atomic mass is 10.3. The van der Waals surface area contributed by atoms with Crippen LogP contribution < -0.4 is 15.3 Å². The monoisotopic (exact) mass is 271 g/mol. The highest BCUT2D eigenvalue weighted by molar-refractivity contribution is 7.99. The lowest BCUT2D eigenvalue weighted by Gasteiger charge is -2.17. The van der Waals surface area contributed by atoms with Crippen LogP contribution in [-0.4, -0.2) is 23.2 Å². The van der Waals surface area contributed by atoms with Gasteiger partial charge in [0.1, 0.15) is 17.5 Å². The summed E-state index contributed by atoms with van der Waals surface area (Å²) in [6, 6.07) is 2.50. The molecule has 0 fully saturated rings. The van der Waals surface area contributed by atoms with Crippen LogP contribution in [0.2, 0.25) is 0 Å². The summed E-state index contributed by atoms with van der Waals surface area (Å²) in [4.78, 5) is 31.3. The third kappa shape index (κ3) is 4.13. The summed E-state index contributed by atoms with van der Waals surface area (Å²) in [5, 5.41) is 30.0. The fraction of sp³-hybridized carbons (Fsp3) is 0.300. The Kier molecular flexibility index (Phi) is 4.78. The number of carboxylic acid groups (broad SMARTS) is 3. The number of carbonyl (C=O) groups excluding carboxylic acids is 3. The standard InChI is InChI=1S/C10H10O7S/c11-8(12)3-7(10(15)16)18-4-5-1-2-6(17-5)9(13)14/h1-2,7H,3-4H2,(H,11,12)(H,13,14)(H,15,16)/p-3/t7-/m0/s1. The van der Waals surface area contributed by atoms with Crippen molar-refractivity contribution < 1.29 is 34.1 Å². The third-order valence-corrected chi connectivity index (χ3v) is 3.12. The highest BCUT2D eigenvalue weighted by Gasteiger charge is 2.13. The lowest BCUT2D eigenvalue weighted by Crippen LogP contribution is -2.38. The van der Waals surface area contributed by atoms with E-state index in [1.807, 2.05) is 0 Å². The summed E-state index contributed by atoms with van der Waals surface area (Å²) in [5.74, 6) is -4.71. The molecule has 0 amide bonds. The molecule has 1 atom stereocenters. The summed E-state index contributed by atoms with van der Waals surface area (Å²) < 4.78 is 4.82. The molecular weight excluding hydrogens is 264 g/mol. The van der Waals surface area contributed by atoms with Gasteiger partial charge in [0.05, 0.1) is 11.7 Å². The fourth-order valence-electron chi connectivity index (χ4n) is 1.11. The Bertz CT molecular complexity index is 465. The molecule has 7 nitrogen and oxygen atoms in total. The fourth-order valence-corrected chi connectivity index (χ4v) is 2.02. The maximum absolute atomic E-state index is 10.6. The van der Waals surface area contributed by atoms with E-state index in [9.17, 15) is 29.7 Å². The summed E-state index contributed by atoms with van der Waals surface area (Å²) in [6.45, 7) is 0. The van der Waals surface area contributed by atoms with Crippen molar-refractivity contribution in [2.45, 2.75) is 17.4 Å². The molecule has 0 aliphatic carbocycles. The molecule has 0 aliphatic heterocycles. The Hall–Kier alpha value is -1.96. The Balaban J connectivity index is 2.58. The molecule has 0 saturated carbocycles. The van der Waals surface area contributed by atoms with Gasteiger partial charge in [-0.2, -0.15) is 0 Å². The van der Waals surface area contributed by atoms with E-state index in [0.717, 1.165) is 17.8 Å². The topological polar surface area (TPSA) is 134 Å². The average molecular weight is 271 g/mol. The molecule has 98 valence electrons. The van der Waals surface area contributed by atoms with E-state index in [0.29, 0.717) is 0 Å². The van der Waals surface area contributed by atoms with Crippen LogP contribution in [0, 0.1) is 0 Å². The van der Waals surface area contributed by atoms with E-state index in [4.69, 9.17) is 4.42 Å². The number of aromatic carboxylic acids is 1. The van der Waals surface area contributed by atoms with Crippen molar-refractivity contribution in [3.63, 3.8) is 0 Å². The first-order chi connectivity index (χ1) is 8.40. The predicted octanol–water partition coefficient (Wildman–Crippen LogP) is -2.87. The van der Waals surface area contributed by atoms with Crippen molar-refractivity contribution in [2.75, 3.05) is 0 Å². The maximum atomic E-state index is 10.6. The first-order valence-electron chi connectivity index (χ1n) is 4.72. The molecule has 1 aromatic heterocycles. The molecule has 8 heteroatoms. The highest BCUT2D eigenvalue weighted by atomic mass is 32.2. The minimum atomic E-state index is -1.53. The van der Waals surface area contributed by atoms with E-state index < -0.39 is 29.6 Å². The maximum Gasteiger partial charge on any atom is 0.149 e. The minimum Gasteiger partial charge on any atom is -0.550 e. The zero-order chi connectivity index (χ0) is 13.7. The first kappa shape index (κ1) is 14.1. The van der Waals surface area contributed by atoms with Crippen molar-refractivity contribution in [3.8, 4) is 0 Å². The Labute approximate surface area is 105 Å². The molecule has 0 bridgehead atoms. The minimum absolute atomic E-state index is 0.000787. The van der Waals surface area contributed by atoms with Crippen LogP contribution in [0.25, 0.3) is 0 Å². The van der Waals surface area contributed by atoms with Crippen molar-refractivity contribution in [3.05, 3.63) is 23.7 Å². The number of thioether (sulfide) groups is 1. The van der Waals surface area contributed by atoms with Gasteiger partial charge in [-0.1, -0.05) is 0 Å². The molecule has 0 spiro atoms. The van der Waals surface area contributed by atoms with E-state index in [2.05, 4.69) is 0 Å². The summed E-state index contributed by atoms with van der Waals surface area (Å²) >= 11 is 0.746. The number of hydrogen-bond donors (Lipinski definition) is 0. The molecule has 0 aromatic carbocycles. The Morgan fingerprint density at radius 3 is 2.33 bits per heavy atom. The van der Waals surface area contributed by atoms with E-state index in [-0.39, 0.29) is 17.3 Å². The molecule has 0 unspecified atom stereocenters. The first-order valence-corrected chi connectivity index (χ1v) is 5.77. The normalized spacial score (nSPS) is 12.0. The second-order valence-electron chi connectivity index (χ2n) is 3.25. The van der Waals surface area contributed by atoms with Gasteiger partial charge in [0.2, 0.25) is 0 Å². The average Bonchev–Trinajstić information content (AvgIpc) is 2.72. The van der Waals surface area contributed by atoms with Gasteiger partial charge in [-0.05, 0) is 12.1 Å². The molecular formula is C10H7O7S-3. The smallest absolute Gasteiger partial charge is 0.149 e. The van der Waals surface area contributed by atoms with Gasteiger partial charge in [-0.25, -0.2) is 0 Å². The Morgan fingerprint density at radius 2 is 1.89 bits per heavy atom. The zero-order valence-electron chi connectivity index (χ0n) is 8.91. The van der Waals surface area contributed by atoms with E-state index in [1.165, 1.54) is 6.07 Å². The van der Waals surface area contributed by atoms with Gasteiger partial charge < -0.3 is 34.1 Å².